The lowest BCUT2D eigenvalue weighted by atomic mass is 10.1. The van der Waals surface area contributed by atoms with Crippen molar-refractivity contribution < 1.29 is 22.3 Å². The van der Waals surface area contributed by atoms with Crippen molar-refractivity contribution in [3.8, 4) is 5.75 Å². The molecular formula is C18H19FN2O4S. The molecule has 2 aromatic rings. The average Bonchev–Trinajstić information content (AvgIpc) is 3.36. The summed E-state index contributed by atoms with van der Waals surface area (Å²) in [5.41, 5.74) is 1.31. The summed E-state index contributed by atoms with van der Waals surface area (Å²) in [4.78, 5) is 12.4. The molecule has 8 heteroatoms. The Morgan fingerprint density at radius 1 is 1.23 bits per heavy atom. The predicted molar refractivity (Wildman–Crippen MR) is 97.3 cm³/mol. The van der Waals surface area contributed by atoms with E-state index in [0.29, 0.717) is 17.7 Å². The summed E-state index contributed by atoms with van der Waals surface area (Å²) < 4.78 is 44.1. The second kappa shape index (κ2) is 6.95. The number of carbonyl (C=O) groups is 1. The number of hydrogen-bond acceptors (Lipinski definition) is 4. The van der Waals surface area contributed by atoms with E-state index in [1.807, 2.05) is 0 Å². The molecular weight excluding hydrogens is 359 g/mol. The lowest BCUT2D eigenvalue weighted by Crippen LogP contribution is -2.15. The molecule has 1 saturated carbocycles. The fourth-order valence-electron chi connectivity index (χ4n) is 2.89. The molecule has 138 valence electrons. The van der Waals surface area contributed by atoms with Crippen molar-refractivity contribution in [3.63, 3.8) is 0 Å². The third-order valence-electron chi connectivity index (χ3n) is 4.20. The van der Waals surface area contributed by atoms with Crippen molar-refractivity contribution in [2.75, 3.05) is 23.4 Å². The zero-order chi connectivity index (χ0) is 18.9. The van der Waals surface area contributed by atoms with Crippen LogP contribution in [-0.2, 0) is 14.8 Å². The summed E-state index contributed by atoms with van der Waals surface area (Å²) in [6.07, 6.45) is 1.63. The van der Waals surface area contributed by atoms with Crippen molar-refractivity contribution in [1.29, 1.82) is 0 Å². The van der Waals surface area contributed by atoms with Gasteiger partial charge in [-0.1, -0.05) is 18.2 Å². The quantitative estimate of drug-likeness (QED) is 0.809. The van der Waals surface area contributed by atoms with Crippen molar-refractivity contribution in [2.24, 2.45) is 5.92 Å². The van der Waals surface area contributed by atoms with Crippen LogP contribution in [0.5, 0.6) is 5.75 Å². The molecule has 2 atom stereocenters. The van der Waals surface area contributed by atoms with Gasteiger partial charge in [-0.05, 0) is 36.1 Å². The number of methoxy groups -OCH3 is 1. The van der Waals surface area contributed by atoms with Crippen LogP contribution in [0.1, 0.15) is 17.9 Å². The van der Waals surface area contributed by atoms with Gasteiger partial charge in [-0.2, -0.15) is 0 Å². The van der Waals surface area contributed by atoms with Gasteiger partial charge in [-0.15, -0.1) is 0 Å². The molecule has 0 radical (unpaired) electrons. The summed E-state index contributed by atoms with van der Waals surface area (Å²) in [6, 6.07) is 11.1. The molecule has 0 aliphatic heterocycles. The van der Waals surface area contributed by atoms with Crippen LogP contribution in [0.4, 0.5) is 15.8 Å². The van der Waals surface area contributed by atoms with E-state index in [1.54, 1.807) is 24.3 Å². The second-order valence-corrected chi connectivity index (χ2v) is 8.00. The number of ether oxygens (including phenoxy) is 1. The van der Waals surface area contributed by atoms with E-state index in [0.717, 1.165) is 6.26 Å². The molecule has 0 spiro atoms. The molecule has 0 heterocycles. The number of nitrogens with one attached hydrogen (secondary N) is 2. The monoisotopic (exact) mass is 378 g/mol. The fourth-order valence-corrected chi connectivity index (χ4v) is 3.46. The summed E-state index contributed by atoms with van der Waals surface area (Å²) >= 11 is 0. The van der Waals surface area contributed by atoms with Gasteiger partial charge in [0.15, 0.2) is 0 Å². The van der Waals surface area contributed by atoms with Crippen LogP contribution >= 0.6 is 0 Å². The molecule has 0 saturated heterocycles. The molecule has 1 aliphatic carbocycles. The smallest absolute Gasteiger partial charge is 0.229 e. The highest BCUT2D eigenvalue weighted by atomic mass is 32.2. The van der Waals surface area contributed by atoms with Crippen LogP contribution in [0.2, 0.25) is 0 Å². The van der Waals surface area contributed by atoms with Crippen molar-refractivity contribution in [2.45, 2.75) is 12.3 Å². The Morgan fingerprint density at radius 2 is 1.96 bits per heavy atom. The summed E-state index contributed by atoms with van der Waals surface area (Å²) in [5, 5.41) is 2.77. The average molecular weight is 378 g/mol. The number of halogens is 1. The Kier molecular flexibility index (Phi) is 4.86. The normalized spacial score (nSPS) is 18.9. The van der Waals surface area contributed by atoms with Crippen LogP contribution in [-0.4, -0.2) is 27.7 Å². The molecule has 1 fully saturated rings. The van der Waals surface area contributed by atoms with Gasteiger partial charge in [-0.25, -0.2) is 12.8 Å². The highest BCUT2D eigenvalue weighted by molar-refractivity contribution is 7.92. The van der Waals surface area contributed by atoms with E-state index in [9.17, 15) is 17.6 Å². The van der Waals surface area contributed by atoms with Gasteiger partial charge in [0, 0.05) is 17.7 Å². The summed E-state index contributed by atoms with van der Waals surface area (Å²) in [7, 11) is -2.04. The third-order valence-corrected chi connectivity index (χ3v) is 4.79. The molecule has 2 aromatic carbocycles. The van der Waals surface area contributed by atoms with Gasteiger partial charge in [0.05, 0.1) is 19.1 Å². The van der Waals surface area contributed by atoms with Gasteiger partial charge in [-0.3, -0.25) is 9.52 Å². The first-order chi connectivity index (χ1) is 12.3. The van der Waals surface area contributed by atoms with Crippen LogP contribution < -0.4 is 14.8 Å². The van der Waals surface area contributed by atoms with Gasteiger partial charge in [0.25, 0.3) is 0 Å². The largest absolute Gasteiger partial charge is 0.494 e. The molecule has 0 aromatic heterocycles. The maximum atomic E-state index is 13.8. The molecule has 26 heavy (non-hydrogen) atoms. The Labute approximate surface area is 151 Å². The lowest BCUT2D eigenvalue weighted by molar-refractivity contribution is -0.117. The SMILES string of the molecule is COc1cc(NC(=O)[C@H]2C[C@H]2c2ccccc2F)ccc1NS(C)(=O)=O. The number of rotatable bonds is 6. The second-order valence-electron chi connectivity index (χ2n) is 6.25. The number of anilines is 2. The number of benzene rings is 2. The van der Waals surface area contributed by atoms with Crippen LogP contribution in [0.25, 0.3) is 0 Å². The van der Waals surface area contributed by atoms with Crippen molar-refractivity contribution >= 4 is 27.3 Å². The standard InChI is InChI=1S/C18H19FN2O4S/c1-25-17-9-11(7-8-16(17)21-26(2,23)24)20-18(22)14-10-13(14)12-5-3-4-6-15(12)19/h3-9,13-14,21H,10H2,1-2H3,(H,20,22)/t13-,14-/m0/s1. The van der Waals surface area contributed by atoms with E-state index in [4.69, 9.17) is 4.74 Å². The lowest BCUT2D eigenvalue weighted by Gasteiger charge is -2.12. The number of amides is 1. The van der Waals surface area contributed by atoms with Crippen LogP contribution in [0.15, 0.2) is 42.5 Å². The van der Waals surface area contributed by atoms with E-state index < -0.39 is 10.0 Å². The molecule has 1 aliphatic rings. The predicted octanol–water partition coefficient (Wildman–Crippen LogP) is 2.95. The Morgan fingerprint density at radius 3 is 2.62 bits per heavy atom. The van der Waals surface area contributed by atoms with Gasteiger partial charge in [0.1, 0.15) is 11.6 Å². The van der Waals surface area contributed by atoms with Gasteiger partial charge in [0.2, 0.25) is 15.9 Å². The Bertz CT molecular complexity index is 946. The molecule has 0 unspecified atom stereocenters. The third kappa shape index (κ3) is 4.13. The molecule has 1 amide bonds. The maximum Gasteiger partial charge on any atom is 0.229 e. The van der Waals surface area contributed by atoms with E-state index in [1.165, 1.54) is 25.3 Å². The summed E-state index contributed by atoms with van der Waals surface area (Å²) in [5.74, 6) is -0.625. The minimum atomic E-state index is -3.44. The number of carbonyl (C=O) groups excluding carboxylic acids is 1. The molecule has 3 rings (SSSR count). The Hall–Kier alpha value is -2.61. The van der Waals surface area contributed by atoms with E-state index in [-0.39, 0.29) is 35.0 Å². The zero-order valence-electron chi connectivity index (χ0n) is 14.3. The molecule has 6 nitrogen and oxygen atoms in total. The number of sulfonamides is 1. The van der Waals surface area contributed by atoms with Crippen molar-refractivity contribution in [3.05, 3.63) is 53.8 Å². The maximum absolute atomic E-state index is 13.8. The van der Waals surface area contributed by atoms with Gasteiger partial charge >= 0.3 is 0 Å². The fraction of sp³-hybridized carbons (Fsp3) is 0.278. The molecule has 2 N–H and O–H groups in total. The van der Waals surface area contributed by atoms with Gasteiger partial charge < -0.3 is 10.1 Å². The topological polar surface area (TPSA) is 84.5 Å². The summed E-state index contributed by atoms with van der Waals surface area (Å²) in [6.45, 7) is 0. The molecule has 0 bridgehead atoms. The highest BCUT2D eigenvalue weighted by Gasteiger charge is 2.45. The van der Waals surface area contributed by atoms with Crippen LogP contribution in [0.3, 0.4) is 0 Å². The minimum Gasteiger partial charge on any atom is -0.494 e. The van der Waals surface area contributed by atoms with E-state index in [2.05, 4.69) is 10.0 Å². The first-order valence-electron chi connectivity index (χ1n) is 7.99. The van der Waals surface area contributed by atoms with Crippen molar-refractivity contribution in [1.82, 2.24) is 0 Å². The van der Waals surface area contributed by atoms with Crippen LogP contribution in [0, 0.1) is 11.7 Å². The highest BCUT2D eigenvalue weighted by Crippen LogP contribution is 2.48. The number of hydrogen-bond donors (Lipinski definition) is 2. The zero-order valence-corrected chi connectivity index (χ0v) is 15.1. The first-order valence-corrected chi connectivity index (χ1v) is 9.89. The van der Waals surface area contributed by atoms with E-state index >= 15 is 0 Å². The first kappa shape index (κ1) is 18.2. The Balaban J connectivity index is 1.70. The minimum absolute atomic E-state index is 0.121.